The first-order valence-corrected chi connectivity index (χ1v) is 8.61. The molecule has 0 radical (unpaired) electrons. The zero-order chi connectivity index (χ0) is 20.7. The number of hydrogen-bond donors (Lipinski definition) is 1. The molecule has 0 aliphatic rings. The number of benzene rings is 2. The van der Waals surface area contributed by atoms with Gasteiger partial charge in [0.2, 0.25) is 11.8 Å². The van der Waals surface area contributed by atoms with Crippen molar-refractivity contribution in [3.8, 4) is 5.75 Å². The van der Waals surface area contributed by atoms with E-state index in [1.54, 1.807) is 31.2 Å². The second-order valence-electron chi connectivity index (χ2n) is 6.03. The van der Waals surface area contributed by atoms with Crippen molar-refractivity contribution >= 4 is 17.5 Å². The van der Waals surface area contributed by atoms with E-state index in [2.05, 4.69) is 5.32 Å². The molecule has 2 aromatic rings. The minimum atomic E-state index is -4.42. The molecule has 2 rings (SSSR count). The average molecular weight is 394 g/mol. The Balaban J connectivity index is 1.98. The lowest BCUT2D eigenvalue weighted by atomic mass is 10.1. The number of alkyl halides is 3. The fraction of sp³-hybridized carbons (Fsp3) is 0.300. The molecule has 0 aliphatic carbocycles. The largest absolute Gasteiger partial charge is 0.495 e. The van der Waals surface area contributed by atoms with Gasteiger partial charge in [-0.2, -0.15) is 13.2 Å². The van der Waals surface area contributed by atoms with Crippen LogP contribution in [-0.2, 0) is 22.2 Å². The Labute approximate surface area is 161 Å². The van der Waals surface area contributed by atoms with Gasteiger partial charge in [-0.25, -0.2) is 0 Å². The van der Waals surface area contributed by atoms with Crippen LogP contribution in [0.5, 0.6) is 5.75 Å². The van der Waals surface area contributed by atoms with E-state index in [0.717, 1.165) is 12.1 Å². The van der Waals surface area contributed by atoms with Gasteiger partial charge in [-0.05, 0) is 36.8 Å². The van der Waals surface area contributed by atoms with E-state index < -0.39 is 17.6 Å². The molecule has 0 unspecified atom stereocenters. The Morgan fingerprint density at radius 2 is 1.71 bits per heavy atom. The van der Waals surface area contributed by atoms with E-state index >= 15 is 0 Å². The van der Waals surface area contributed by atoms with E-state index in [9.17, 15) is 22.8 Å². The van der Waals surface area contributed by atoms with Crippen molar-refractivity contribution < 1.29 is 27.5 Å². The van der Waals surface area contributed by atoms with Gasteiger partial charge in [0.15, 0.2) is 0 Å². The molecule has 0 aliphatic heterocycles. The van der Waals surface area contributed by atoms with Gasteiger partial charge in [-0.15, -0.1) is 0 Å². The maximum Gasteiger partial charge on any atom is 0.416 e. The van der Waals surface area contributed by atoms with Gasteiger partial charge in [0.1, 0.15) is 5.75 Å². The van der Waals surface area contributed by atoms with Crippen molar-refractivity contribution in [2.45, 2.75) is 19.5 Å². The van der Waals surface area contributed by atoms with Crippen LogP contribution in [0.15, 0.2) is 48.5 Å². The molecule has 2 aromatic carbocycles. The fourth-order valence-electron chi connectivity index (χ4n) is 2.59. The molecular formula is C20H21F3N2O3. The number of anilines is 1. The van der Waals surface area contributed by atoms with Crippen molar-refractivity contribution in [3.05, 3.63) is 59.7 Å². The predicted molar refractivity (Wildman–Crippen MR) is 99.0 cm³/mol. The molecule has 28 heavy (non-hydrogen) atoms. The van der Waals surface area contributed by atoms with Gasteiger partial charge in [0.25, 0.3) is 0 Å². The summed E-state index contributed by atoms with van der Waals surface area (Å²) >= 11 is 0. The monoisotopic (exact) mass is 394 g/mol. The van der Waals surface area contributed by atoms with Crippen LogP contribution in [-0.4, -0.2) is 36.9 Å². The topological polar surface area (TPSA) is 58.6 Å². The summed E-state index contributed by atoms with van der Waals surface area (Å²) in [7, 11) is 1.48. The maximum absolute atomic E-state index is 12.6. The molecule has 150 valence electrons. The summed E-state index contributed by atoms with van der Waals surface area (Å²) in [6.45, 7) is 1.84. The van der Waals surface area contributed by atoms with Crippen LogP contribution in [0.2, 0.25) is 0 Å². The third-order valence-corrected chi connectivity index (χ3v) is 4.09. The predicted octanol–water partition coefficient (Wildman–Crippen LogP) is 3.74. The number of methoxy groups -OCH3 is 1. The molecule has 0 bridgehead atoms. The van der Waals surface area contributed by atoms with Gasteiger partial charge in [0.05, 0.1) is 31.3 Å². The molecule has 0 saturated heterocycles. The summed E-state index contributed by atoms with van der Waals surface area (Å²) in [5.41, 5.74) is 0.162. The molecule has 0 fully saturated rings. The molecule has 5 nitrogen and oxygen atoms in total. The Kier molecular flexibility index (Phi) is 7.03. The summed E-state index contributed by atoms with van der Waals surface area (Å²) in [6, 6.07) is 11.3. The zero-order valence-electron chi connectivity index (χ0n) is 15.5. The van der Waals surface area contributed by atoms with E-state index in [0.29, 0.717) is 23.5 Å². The molecule has 0 atom stereocenters. The van der Waals surface area contributed by atoms with Gasteiger partial charge in [-0.3, -0.25) is 9.59 Å². The zero-order valence-corrected chi connectivity index (χ0v) is 15.5. The summed E-state index contributed by atoms with van der Waals surface area (Å²) in [5.74, 6) is -0.250. The van der Waals surface area contributed by atoms with Crippen LogP contribution in [0.1, 0.15) is 18.1 Å². The van der Waals surface area contributed by atoms with E-state index in [1.807, 2.05) is 0 Å². The smallest absolute Gasteiger partial charge is 0.416 e. The van der Waals surface area contributed by atoms with Gasteiger partial charge in [-0.1, -0.05) is 24.3 Å². The lowest BCUT2D eigenvalue weighted by Gasteiger charge is -2.21. The third kappa shape index (κ3) is 5.73. The number of para-hydroxylation sites is 2. The fourth-order valence-corrected chi connectivity index (χ4v) is 2.59. The number of likely N-dealkylation sites (N-methyl/N-ethyl adjacent to an activating group) is 1. The standard InChI is InChI=1S/C20H21F3N2O3/c1-3-25(13-18(26)24-16-6-4-5-7-17(16)28-2)19(27)12-14-8-10-15(11-9-14)20(21,22)23/h4-11H,3,12-13H2,1-2H3,(H,24,26). The van der Waals surface area contributed by atoms with Crippen molar-refractivity contribution in [1.29, 1.82) is 0 Å². The molecule has 2 amide bonds. The number of ether oxygens (including phenoxy) is 1. The lowest BCUT2D eigenvalue weighted by molar-refractivity contribution is -0.137. The molecule has 0 aromatic heterocycles. The van der Waals surface area contributed by atoms with Gasteiger partial charge in [0, 0.05) is 6.54 Å². The number of halogens is 3. The molecule has 0 spiro atoms. The SMILES string of the molecule is CCN(CC(=O)Nc1ccccc1OC)C(=O)Cc1ccc(C(F)(F)F)cc1. The Morgan fingerprint density at radius 1 is 1.07 bits per heavy atom. The van der Waals surface area contributed by atoms with E-state index in [1.165, 1.54) is 24.1 Å². The number of nitrogens with zero attached hydrogens (tertiary/aromatic N) is 1. The summed E-state index contributed by atoms with van der Waals surface area (Å²) < 4.78 is 43.0. The third-order valence-electron chi connectivity index (χ3n) is 4.09. The Hall–Kier alpha value is -3.03. The number of rotatable bonds is 7. The highest BCUT2D eigenvalue weighted by molar-refractivity contribution is 5.95. The molecule has 1 N–H and O–H groups in total. The van der Waals surface area contributed by atoms with Crippen LogP contribution in [0, 0.1) is 0 Å². The Bertz CT molecular complexity index is 820. The van der Waals surface area contributed by atoms with E-state index in [4.69, 9.17) is 4.74 Å². The van der Waals surface area contributed by atoms with Crippen molar-refractivity contribution in [1.82, 2.24) is 4.90 Å². The van der Waals surface area contributed by atoms with Crippen LogP contribution in [0.4, 0.5) is 18.9 Å². The van der Waals surface area contributed by atoms with Crippen molar-refractivity contribution in [2.24, 2.45) is 0 Å². The Morgan fingerprint density at radius 3 is 2.29 bits per heavy atom. The number of carbonyl (C=O) groups excluding carboxylic acids is 2. The highest BCUT2D eigenvalue weighted by atomic mass is 19.4. The minimum Gasteiger partial charge on any atom is -0.495 e. The molecule has 0 heterocycles. The number of amides is 2. The number of hydrogen-bond acceptors (Lipinski definition) is 3. The maximum atomic E-state index is 12.6. The first-order valence-electron chi connectivity index (χ1n) is 8.61. The minimum absolute atomic E-state index is 0.0894. The van der Waals surface area contributed by atoms with Crippen LogP contribution >= 0.6 is 0 Å². The quantitative estimate of drug-likeness (QED) is 0.778. The lowest BCUT2D eigenvalue weighted by Crippen LogP contribution is -2.38. The molecular weight excluding hydrogens is 373 g/mol. The normalized spacial score (nSPS) is 11.0. The average Bonchev–Trinajstić information content (AvgIpc) is 2.66. The molecule has 0 saturated carbocycles. The summed E-state index contributed by atoms with van der Waals surface area (Å²) in [6.07, 6.45) is -4.51. The summed E-state index contributed by atoms with van der Waals surface area (Å²) in [5, 5.41) is 2.69. The van der Waals surface area contributed by atoms with Crippen molar-refractivity contribution in [2.75, 3.05) is 25.5 Å². The highest BCUT2D eigenvalue weighted by Crippen LogP contribution is 2.29. The van der Waals surface area contributed by atoms with Crippen molar-refractivity contribution in [3.63, 3.8) is 0 Å². The first kappa shape index (κ1) is 21.3. The number of nitrogens with one attached hydrogen (secondary N) is 1. The van der Waals surface area contributed by atoms with E-state index in [-0.39, 0.29) is 18.9 Å². The first-order chi connectivity index (χ1) is 13.2. The second kappa shape index (κ2) is 9.25. The van der Waals surface area contributed by atoms with Gasteiger partial charge >= 0.3 is 6.18 Å². The second-order valence-corrected chi connectivity index (χ2v) is 6.03. The highest BCUT2D eigenvalue weighted by Gasteiger charge is 2.30. The van der Waals surface area contributed by atoms with Crippen LogP contribution < -0.4 is 10.1 Å². The summed E-state index contributed by atoms with van der Waals surface area (Å²) in [4.78, 5) is 26.0. The number of carbonyl (C=O) groups is 2. The molecule has 8 heteroatoms. The van der Waals surface area contributed by atoms with Crippen LogP contribution in [0.3, 0.4) is 0 Å². The van der Waals surface area contributed by atoms with Gasteiger partial charge < -0.3 is 15.0 Å². The van der Waals surface area contributed by atoms with Crippen LogP contribution in [0.25, 0.3) is 0 Å².